The number of hydrogen-bond donors (Lipinski definition) is 2. The molecule has 1 aromatic heterocycles. The average Bonchev–Trinajstić information content (AvgIpc) is 2.95. The molecule has 3 atom stereocenters. The number of hydrogen-bond acceptors (Lipinski definition) is 4. The van der Waals surface area contributed by atoms with E-state index in [1.807, 2.05) is 6.92 Å². The molecule has 0 aromatic carbocycles. The second kappa shape index (κ2) is 5.49. The van der Waals surface area contributed by atoms with Crippen molar-refractivity contribution in [3.8, 4) is 0 Å². The molecule has 0 bridgehead atoms. The van der Waals surface area contributed by atoms with Gasteiger partial charge in [-0.1, -0.05) is 6.07 Å². The summed E-state index contributed by atoms with van der Waals surface area (Å²) in [5.41, 5.74) is 0. The van der Waals surface area contributed by atoms with Crippen molar-refractivity contribution in [1.82, 2.24) is 5.32 Å². The quantitative estimate of drug-likeness (QED) is 0.866. The highest BCUT2D eigenvalue weighted by Gasteiger charge is 2.31. The molecule has 1 aromatic rings. The van der Waals surface area contributed by atoms with Gasteiger partial charge in [0, 0.05) is 4.88 Å². The van der Waals surface area contributed by atoms with Gasteiger partial charge in [0.05, 0.1) is 18.6 Å². The highest BCUT2D eigenvalue weighted by molar-refractivity contribution is 7.10. The number of ether oxygens (including phenoxy) is 1. The summed E-state index contributed by atoms with van der Waals surface area (Å²) in [7, 11) is 0. The standard InChI is InChI=1S/C12H15NO4S/c1-7-5-8(6-17-7)11(14)13-10(12(15)16)9-3-2-4-18-9/h2-4,7-8,10H,5-6H2,1H3,(H,13,14)(H,15,16). The van der Waals surface area contributed by atoms with Crippen LogP contribution in [0.15, 0.2) is 17.5 Å². The maximum atomic E-state index is 12.0. The van der Waals surface area contributed by atoms with Crippen LogP contribution in [-0.4, -0.2) is 29.7 Å². The van der Waals surface area contributed by atoms with E-state index in [0.717, 1.165) is 0 Å². The normalized spacial score (nSPS) is 24.7. The number of carboxylic acid groups (broad SMARTS) is 1. The lowest BCUT2D eigenvalue weighted by molar-refractivity contribution is -0.142. The third kappa shape index (κ3) is 2.88. The molecule has 0 radical (unpaired) electrons. The monoisotopic (exact) mass is 269 g/mol. The number of carbonyl (C=O) groups excluding carboxylic acids is 1. The molecule has 2 rings (SSSR count). The van der Waals surface area contributed by atoms with Crippen molar-refractivity contribution in [3.63, 3.8) is 0 Å². The first-order valence-corrected chi connectivity index (χ1v) is 6.64. The van der Waals surface area contributed by atoms with Crippen molar-refractivity contribution < 1.29 is 19.4 Å². The number of rotatable bonds is 4. The van der Waals surface area contributed by atoms with Crippen LogP contribution in [0.1, 0.15) is 24.3 Å². The van der Waals surface area contributed by atoms with Crippen molar-refractivity contribution in [2.75, 3.05) is 6.61 Å². The first kappa shape index (κ1) is 13.0. The minimum absolute atomic E-state index is 0.0609. The van der Waals surface area contributed by atoms with Crippen molar-refractivity contribution in [3.05, 3.63) is 22.4 Å². The van der Waals surface area contributed by atoms with Crippen LogP contribution in [0.4, 0.5) is 0 Å². The van der Waals surface area contributed by atoms with Gasteiger partial charge in [-0.05, 0) is 24.8 Å². The van der Waals surface area contributed by atoms with Crippen LogP contribution in [0.2, 0.25) is 0 Å². The molecule has 1 aliphatic heterocycles. The Kier molecular flexibility index (Phi) is 3.98. The molecular weight excluding hydrogens is 254 g/mol. The number of carboxylic acids is 1. The molecule has 1 aliphatic rings. The Morgan fingerprint density at radius 3 is 2.89 bits per heavy atom. The van der Waals surface area contributed by atoms with Gasteiger partial charge < -0.3 is 15.2 Å². The highest BCUT2D eigenvalue weighted by Crippen LogP contribution is 2.23. The molecule has 6 heteroatoms. The molecular formula is C12H15NO4S. The number of thiophene rings is 1. The van der Waals surface area contributed by atoms with Gasteiger partial charge in [0.25, 0.3) is 0 Å². The van der Waals surface area contributed by atoms with Gasteiger partial charge >= 0.3 is 5.97 Å². The first-order valence-electron chi connectivity index (χ1n) is 5.76. The summed E-state index contributed by atoms with van der Waals surface area (Å²) in [6.45, 7) is 2.27. The molecule has 1 fully saturated rings. The topological polar surface area (TPSA) is 75.6 Å². The zero-order valence-corrected chi connectivity index (χ0v) is 10.8. The van der Waals surface area contributed by atoms with E-state index in [1.54, 1.807) is 17.5 Å². The Labute approximate surface area is 109 Å². The molecule has 0 aliphatic carbocycles. The van der Waals surface area contributed by atoms with Crippen LogP contribution in [0.3, 0.4) is 0 Å². The lowest BCUT2D eigenvalue weighted by atomic mass is 10.0. The van der Waals surface area contributed by atoms with E-state index in [9.17, 15) is 9.59 Å². The van der Waals surface area contributed by atoms with E-state index in [4.69, 9.17) is 9.84 Å². The largest absolute Gasteiger partial charge is 0.479 e. The molecule has 3 unspecified atom stereocenters. The Morgan fingerprint density at radius 1 is 1.61 bits per heavy atom. The van der Waals surface area contributed by atoms with Gasteiger partial charge in [-0.25, -0.2) is 4.79 Å². The molecule has 1 amide bonds. The number of nitrogens with one attached hydrogen (secondary N) is 1. The van der Waals surface area contributed by atoms with Crippen LogP contribution >= 0.6 is 11.3 Å². The van der Waals surface area contributed by atoms with Crippen molar-refractivity contribution in [2.45, 2.75) is 25.5 Å². The van der Waals surface area contributed by atoms with Gasteiger partial charge in [0.15, 0.2) is 6.04 Å². The fraction of sp³-hybridized carbons (Fsp3) is 0.500. The number of carbonyl (C=O) groups is 2. The second-order valence-corrected chi connectivity index (χ2v) is 5.35. The van der Waals surface area contributed by atoms with Gasteiger partial charge in [-0.2, -0.15) is 0 Å². The predicted molar refractivity (Wildman–Crippen MR) is 66.4 cm³/mol. The van der Waals surface area contributed by atoms with E-state index >= 15 is 0 Å². The Morgan fingerprint density at radius 2 is 2.39 bits per heavy atom. The fourth-order valence-electron chi connectivity index (χ4n) is 1.97. The Bertz CT molecular complexity index is 431. The number of aliphatic carboxylic acids is 1. The maximum Gasteiger partial charge on any atom is 0.331 e. The molecule has 5 nitrogen and oxygen atoms in total. The van der Waals surface area contributed by atoms with Crippen LogP contribution in [0.25, 0.3) is 0 Å². The highest BCUT2D eigenvalue weighted by atomic mass is 32.1. The summed E-state index contributed by atoms with van der Waals surface area (Å²) in [5.74, 6) is -1.54. The zero-order valence-electron chi connectivity index (χ0n) is 9.96. The van der Waals surface area contributed by atoms with Gasteiger partial charge in [0.1, 0.15) is 0 Å². The summed E-state index contributed by atoms with van der Waals surface area (Å²) in [6, 6.07) is 2.51. The summed E-state index contributed by atoms with van der Waals surface area (Å²) in [5, 5.41) is 13.5. The van der Waals surface area contributed by atoms with E-state index in [0.29, 0.717) is 17.9 Å². The van der Waals surface area contributed by atoms with Crippen molar-refractivity contribution >= 4 is 23.2 Å². The van der Waals surface area contributed by atoms with Crippen LogP contribution in [0, 0.1) is 5.92 Å². The third-order valence-electron chi connectivity index (χ3n) is 2.93. The van der Waals surface area contributed by atoms with Gasteiger partial charge in [-0.3, -0.25) is 4.79 Å². The van der Waals surface area contributed by atoms with E-state index in [1.165, 1.54) is 11.3 Å². The fourth-order valence-corrected chi connectivity index (χ4v) is 2.74. The van der Waals surface area contributed by atoms with E-state index in [2.05, 4.69) is 5.32 Å². The molecule has 0 saturated carbocycles. The average molecular weight is 269 g/mol. The smallest absolute Gasteiger partial charge is 0.331 e. The predicted octanol–water partition coefficient (Wildman–Crippen LogP) is 1.41. The third-order valence-corrected chi connectivity index (χ3v) is 3.87. The molecule has 2 N–H and O–H groups in total. The molecule has 2 heterocycles. The number of amides is 1. The summed E-state index contributed by atoms with van der Waals surface area (Å²) in [6.07, 6.45) is 0.702. The molecule has 0 spiro atoms. The van der Waals surface area contributed by atoms with Crippen LogP contribution < -0.4 is 5.32 Å². The Hall–Kier alpha value is -1.40. The van der Waals surface area contributed by atoms with Gasteiger partial charge in [-0.15, -0.1) is 11.3 Å². The minimum atomic E-state index is -1.04. The molecule has 1 saturated heterocycles. The van der Waals surface area contributed by atoms with Crippen LogP contribution in [0.5, 0.6) is 0 Å². The van der Waals surface area contributed by atoms with Crippen molar-refractivity contribution in [1.29, 1.82) is 0 Å². The first-order chi connectivity index (χ1) is 8.58. The SMILES string of the molecule is CC1CC(C(=O)NC(C(=O)O)c2cccs2)CO1. The summed E-state index contributed by atoms with van der Waals surface area (Å²) < 4.78 is 5.31. The Balaban J connectivity index is 2.01. The van der Waals surface area contributed by atoms with E-state index in [-0.39, 0.29) is 17.9 Å². The second-order valence-electron chi connectivity index (χ2n) is 4.37. The maximum absolute atomic E-state index is 12.0. The van der Waals surface area contributed by atoms with Gasteiger partial charge in [0.2, 0.25) is 5.91 Å². The van der Waals surface area contributed by atoms with Crippen LogP contribution in [-0.2, 0) is 14.3 Å². The zero-order chi connectivity index (χ0) is 13.1. The molecule has 98 valence electrons. The lowest BCUT2D eigenvalue weighted by Gasteiger charge is -2.15. The minimum Gasteiger partial charge on any atom is -0.479 e. The molecule has 18 heavy (non-hydrogen) atoms. The summed E-state index contributed by atoms with van der Waals surface area (Å²) in [4.78, 5) is 23.8. The van der Waals surface area contributed by atoms with E-state index < -0.39 is 12.0 Å². The van der Waals surface area contributed by atoms with Crippen molar-refractivity contribution in [2.24, 2.45) is 5.92 Å². The lowest BCUT2D eigenvalue weighted by Crippen LogP contribution is -2.37. The summed E-state index contributed by atoms with van der Waals surface area (Å²) >= 11 is 1.32.